The number of carbonyl (C=O) groups is 1. The summed E-state index contributed by atoms with van der Waals surface area (Å²) in [6.07, 6.45) is 8.18. The van der Waals surface area contributed by atoms with Gasteiger partial charge in [-0.15, -0.1) is 0 Å². The van der Waals surface area contributed by atoms with Gasteiger partial charge < -0.3 is 14.4 Å². The van der Waals surface area contributed by atoms with Gasteiger partial charge in [-0.25, -0.2) is 13.4 Å². The second-order valence-electron chi connectivity index (χ2n) is 9.35. The van der Waals surface area contributed by atoms with Gasteiger partial charge in [0.05, 0.1) is 4.90 Å². The Kier molecular flexibility index (Phi) is 7.06. The smallest absolute Gasteiger partial charge is 0.243 e. The van der Waals surface area contributed by atoms with E-state index in [0.29, 0.717) is 44.0 Å². The van der Waals surface area contributed by atoms with E-state index >= 15 is 0 Å². The van der Waals surface area contributed by atoms with Crippen molar-refractivity contribution in [3.63, 3.8) is 0 Å². The highest BCUT2D eigenvalue weighted by Crippen LogP contribution is 2.25. The molecule has 1 amide bonds. The van der Waals surface area contributed by atoms with Gasteiger partial charge >= 0.3 is 0 Å². The number of amides is 1. The molecule has 0 saturated carbocycles. The lowest BCUT2D eigenvalue weighted by atomic mass is 10.2. The summed E-state index contributed by atoms with van der Waals surface area (Å²) >= 11 is 0. The van der Waals surface area contributed by atoms with Crippen molar-refractivity contribution in [2.75, 3.05) is 44.2 Å². The van der Waals surface area contributed by atoms with Gasteiger partial charge in [0.2, 0.25) is 15.9 Å². The molecule has 2 saturated heterocycles. The summed E-state index contributed by atoms with van der Waals surface area (Å²) in [6, 6.07) is 13.2. The summed E-state index contributed by atoms with van der Waals surface area (Å²) in [4.78, 5) is 21.7. The van der Waals surface area contributed by atoms with E-state index in [4.69, 9.17) is 0 Å². The number of aryl methyl sites for hydroxylation is 1. The molecule has 35 heavy (non-hydrogen) atoms. The van der Waals surface area contributed by atoms with Crippen LogP contribution < -0.4 is 4.90 Å². The predicted octanol–water partition coefficient (Wildman–Crippen LogP) is 3.34. The van der Waals surface area contributed by atoms with E-state index in [1.165, 1.54) is 0 Å². The molecule has 4 heterocycles. The summed E-state index contributed by atoms with van der Waals surface area (Å²) in [5.41, 5.74) is 0.951. The molecule has 3 aromatic rings. The van der Waals surface area contributed by atoms with E-state index in [2.05, 4.69) is 9.88 Å². The van der Waals surface area contributed by atoms with Crippen LogP contribution in [0.2, 0.25) is 0 Å². The van der Waals surface area contributed by atoms with Gasteiger partial charge in [0.1, 0.15) is 5.82 Å². The van der Waals surface area contributed by atoms with Gasteiger partial charge in [0.15, 0.2) is 0 Å². The molecular weight excluding hydrogens is 462 g/mol. The van der Waals surface area contributed by atoms with E-state index in [0.717, 1.165) is 55.5 Å². The van der Waals surface area contributed by atoms with Crippen molar-refractivity contribution in [1.82, 2.24) is 18.8 Å². The van der Waals surface area contributed by atoms with E-state index in [9.17, 15) is 13.2 Å². The van der Waals surface area contributed by atoms with Crippen LogP contribution in [-0.2, 0) is 21.4 Å². The van der Waals surface area contributed by atoms with E-state index < -0.39 is 10.0 Å². The number of nitrogens with zero attached hydrogens (tertiary/aromatic N) is 5. The highest BCUT2D eigenvalue weighted by molar-refractivity contribution is 7.89. The van der Waals surface area contributed by atoms with Crippen molar-refractivity contribution in [3.8, 4) is 0 Å². The largest absolute Gasteiger partial charge is 0.353 e. The summed E-state index contributed by atoms with van der Waals surface area (Å²) in [5, 5.41) is 0.886. The van der Waals surface area contributed by atoms with E-state index in [-0.39, 0.29) is 5.91 Å². The van der Waals surface area contributed by atoms with Crippen molar-refractivity contribution in [2.24, 2.45) is 0 Å². The number of fused-ring (bicyclic) bond motifs is 1. The molecule has 2 aliphatic heterocycles. The first-order valence-electron chi connectivity index (χ1n) is 12.6. The average Bonchev–Trinajstić information content (AvgIpc) is 3.09. The minimum Gasteiger partial charge on any atom is -0.353 e. The lowest BCUT2D eigenvalue weighted by Gasteiger charge is -2.35. The Balaban J connectivity index is 1.20. The molecule has 2 fully saturated rings. The zero-order chi connectivity index (χ0) is 24.3. The number of carbonyl (C=O) groups excluding carboxylic acids is 1. The van der Waals surface area contributed by atoms with Crippen molar-refractivity contribution in [1.29, 1.82) is 0 Å². The minimum absolute atomic E-state index is 0.146. The molecule has 0 spiro atoms. The maximum atomic E-state index is 13.2. The average molecular weight is 496 g/mol. The normalized spacial score (nSPS) is 18.1. The van der Waals surface area contributed by atoms with Crippen LogP contribution in [-0.4, -0.2) is 72.3 Å². The SMILES string of the molecule is O=C(CCn1ccc2cc(S(=O)(=O)N3CCCCCC3)ccc21)N1CCN(c2ccccn2)CC1. The molecule has 2 aliphatic rings. The molecule has 0 radical (unpaired) electrons. The van der Waals surface area contributed by atoms with Gasteiger partial charge in [-0.05, 0) is 49.2 Å². The summed E-state index contributed by atoms with van der Waals surface area (Å²) in [7, 11) is -3.48. The molecule has 2 aromatic heterocycles. The van der Waals surface area contributed by atoms with Gasteiger partial charge in [-0.1, -0.05) is 18.9 Å². The number of rotatable bonds is 6. The molecule has 0 atom stereocenters. The number of hydrogen-bond donors (Lipinski definition) is 0. The Morgan fingerprint density at radius 1 is 0.886 bits per heavy atom. The Morgan fingerprint density at radius 3 is 2.37 bits per heavy atom. The first kappa shape index (κ1) is 23.8. The van der Waals surface area contributed by atoms with Crippen LogP contribution in [0.4, 0.5) is 5.82 Å². The maximum absolute atomic E-state index is 13.2. The third-order valence-electron chi connectivity index (χ3n) is 7.12. The molecule has 9 heteroatoms. The molecule has 0 bridgehead atoms. The van der Waals surface area contributed by atoms with Crippen LogP contribution in [0.1, 0.15) is 32.1 Å². The quantitative estimate of drug-likeness (QED) is 0.524. The summed E-state index contributed by atoms with van der Waals surface area (Å²) in [5.74, 6) is 1.10. The van der Waals surface area contributed by atoms with E-state index in [1.54, 1.807) is 22.6 Å². The molecule has 8 nitrogen and oxygen atoms in total. The van der Waals surface area contributed by atoms with Crippen LogP contribution in [0, 0.1) is 0 Å². The van der Waals surface area contributed by atoms with Crippen LogP contribution in [0.5, 0.6) is 0 Å². The van der Waals surface area contributed by atoms with Gasteiger partial charge in [-0.2, -0.15) is 4.31 Å². The summed E-state index contributed by atoms with van der Waals surface area (Å²) < 4.78 is 30.0. The molecule has 0 unspecified atom stereocenters. The number of benzene rings is 1. The van der Waals surface area contributed by atoms with Crippen molar-refractivity contribution in [2.45, 2.75) is 43.5 Å². The first-order chi connectivity index (χ1) is 17.0. The zero-order valence-electron chi connectivity index (χ0n) is 20.1. The van der Waals surface area contributed by atoms with Crippen LogP contribution >= 0.6 is 0 Å². The van der Waals surface area contributed by atoms with E-state index in [1.807, 2.05) is 46.0 Å². The van der Waals surface area contributed by atoms with Crippen molar-refractivity contribution >= 4 is 32.7 Å². The molecule has 0 N–H and O–H groups in total. The van der Waals surface area contributed by atoms with Crippen LogP contribution in [0.3, 0.4) is 0 Å². The predicted molar refractivity (Wildman–Crippen MR) is 137 cm³/mol. The second-order valence-corrected chi connectivity index (χ2v) is 11.3. The van der Waals surface area contributed by atoms with Crippen LogP contribution in [0.25, 0.3) is 10.9 Å². The molecule has 0 aliphatic carbocycles. The van der Waals surface area contributed by atoms with Gasteiger partial charge in [0, 0.05) is 75.5 Å². The third kappa shape index (κ3) is 5.21. The standard InChI is InChI=1S/C26H33N5O3S/c32-26(30-19-17-29(18-20-30)25-7-3-4-12-27-25)11-16-28-15-10-22-21-23(8-9-24(22)28)35(33,34)31-13-5-1-2-6-14-31/h3-4,7-10,12,15,21H,1-2,5-6,11,13-14,16-20H2. The number of sulfonamides is 1. The Labute approximate surface area is 207 Å². The maximum Gasteiger partial charge on any atom is 0.243 e. The fraction of sp³-hybridized carbons (Fsp3) is 0.462. The summed E-state index contributed by atoms with van der Waals surface area (Å²) in [6.45, 7) is 4.71. The topological polar surface area (TPSA) is 78.8 Å². The fourth-order valence-corrected chi connectivity index (χ4v) is 6.62. The fourth-order valence-electron chi connectivity index (χ4n) is 5.06. The monoisotopic (exact) mass is 495 g/mol. The van der Waals surface area contributed by atoms with Gasteiger partial charge in [0.25, 0.3) is 0 Å². The number of aromatic nitrogens is 2. The Hall–Kier alpha value is -2.91. The number of pyridine rings is 1. The molecule has 5 rings (SSSR count). The first-order valence-corrected chi connectivity index (χ1v) is 14.0. The molecular formula is C26H33N5O3S. The molecule has 1 aromatic carbocycles. The van der Waals surface area contributed by atoms with Gasteiger partial charge in [-0.3, -0.25) is 4.79 Å². The highest BCUT2D eigenvalue weighted by atomic mass is 32.2. The number of hydrogen-bond acceptors (Lipinski definition) is 5. The molecule has 186 valence electrons. The van der Waals surface area contributed by atoms with Crippen molar-refractivity contribution in [3.05, 3.63) is 54.9 Å². The zero-order valence-corrected chi connectivity index (χ0v) is 20.9. The highest BCUT2D eigenvalue weighted by Gasteiger charge is 2.26. The Morgan fingerprint density at radius 2 is 1.66 bits per heavy atom. The lowest BCUT2D eigenvalue weighted by molar-refractivity contribution is -0.131. The van der Waals surface area contributed by atoms with Crippen molar-refractivity contribution < 1.29 is 13.2 Å². The second kappa shape index (κ2) is 10.4. The third-order valence-corrected chi connectivity index (χ3v) is 9.01. The Bertz CT molecular complexity index is 1260. The number of piperazine rings is 1. The number of anilines is 1. The van der Waals surface area contributed by atoms with Crippen LogP contribution in [0.15, 0.2) is 59.8 Å². The minimum atomic E-state index is -3.48. The lowest BCUT2D eigenvalue weighted by Crippen LogP contribution is -2.49.